The fourth-order valence-corrected chi connectivity index (χ4v) is 2.77. The summed E-state index contributed by atoms with van der Waals surface area (Å²) in [5, 5.41) is 4.48. The molecule has 0 aliphatic rings. The van der Waals surface area contributed by atoms with Crippen LogP contribution in [0.1, 0.15) is 69.5 Å². The Bertz CT molecular complexity index is 665. The van der Waals surface area contributed by atoms with Crippen molar-refractivity contribution in [2.24, 2.45) is 5.10 Å². The van der Waals surface area contributed by atoms with Crippen molar-refractivity contribution in [2.45, 2.75) is 66.2 Å². The van der Waals surface area contributed by atoms with E-state index in [1.54, 1.807) is 0 Å². The summed E-state index contributed by atoms with van der Waals surface area (Å²) in [4.78, 5) is 9.16. The molecular weight excluding hydrogens is 308 g/mol. The monoisotopic (exact) mass is 338 g/mol. The third-order valence-electron chi connectivity index (χ3n) is 4.08. The Morgan fingerprint density at radius 2 is 1.44 bits per heavy atom. The normalized spacial score (nSPS) is 11.6. The predicted molar refractivity (Wildman–Crippen MR) is 106 cm³/mol. The van der Waals surface area contributed by atoms with E-state index in [9.17, 15) is 0 Å². The highest BCUT2D eigenvalue weighted by Gasteiger charge is 2.04. The fourth-order valence-electron chi connectivity index (χ4n) is 2.77. The molecule has 134 valence electrons. The van der Waals surface area contributed by atoms with E-state index in [4.69, 9.17) is 0 Å². The maximum Gasteiger partial charge on any atom is 0.243 e. The second-order valence-corrected chi connectivity index (χ2v) is 6.43. The largest absolute Gasteiger partial charge is 0.245 e. The van der Waals surface area contributed by atoms with Crippen LogP contribution in [0.4, 0.5) is 5.95 Å². The van der Waals surface area contributed by atoms with E-state index in [0.29, 0.717) is 5.95 Å². The van der Waals surface area contributed by atoms with Crippen molar-refractivity contribution in [1.29, 1.82) is 0 Å². The summed E-state index contributed by atoms with van der Waals surface area (Å²) in [5.74, 6) is 0.594. The van der Waals surface area contributed by atoms with Crippen LogP contribution >= 0.6 is 0 Å². The summed E-state index contributed by atoms with van der Waals surface area (Å²) in [7, 11) is 0. The maximum absolute atomic E-state index is 4.58. The van der Waals surface area contributed by atoms with Crippen LogP contribution in [0.25, 0.3) is 0 Å². The molecule has 0 saturated heterocycles. The van der Waals surface area contributed by atoms with E-state index in [1.165, 1.54) is 12.0 Å². The minimum Gasteiger partial charge on any atom is -0.245 e. The standard InChI is InChI=1S/C21H30N4/c1-5-8-17-11-13-18(14-12-17)16(4)24-25-21-22-19(9-6-2)15-20(23-21)10-7-3/h11-15H,5-10H2,1-4H3,(H,22,23,25). The minimum atomic E-state index is 0.594. The van der Waals surface area contributed by atoms with Gasteiger partial charge in [0.2, 0.25) is 5.95 Å². The zero-order chi connectivity index (χ0) is 18.1. The lowest BCUT2D eigenvalue weighted by Crippen LogP contribution is -2.06. The zero-order valence-corrected chi connectivity index (χ0v) is 16.0. The van der Waals surface area contributed by atoms with Crippen molar-refractivity contribution in [3.05, 3.63) is 52.8 Å². The summed E-state index contributed by atoms with van der Waals surface area (Å²) in [6, 6.07) is 10.7. The Balaban J connectivity index is 2.13. The Morgan fingerprint density at radius 1 is 0.880 bits per heavy atom. The van der Waals surface area contributed by atoms with Crippen LogP contribution < -0.4 is 5.43 Å². The van der Waals surface area contributed by atoms with Gasteiger partial charge in [-0.1, -0.05) is 64.3 Å². The molecule has 1 aromatic heterocycles. The molecule has 4 nitrogen and oxygen atoms in total. The Labute approximate surface area is 151 Å². The number of hydrogen-bond acceptors (Lipinski definition) is 4. The van der Waals surface area contributed by atoms with E-state index in [1.807, 2.05) is 6.92 Å². The van der Waals surface area contributed by atoms with Crippen molar-refractivity contribution in [2.75, 3.05) is 5.43 Å². The summed E-state index contributed by atoms with van der Waals surface area (Å²) in [6.45, 7) is 8.53. The van der Waals surface area contributed by atoms with Gasteiger partial charge in [-0.2, -0.15) is 5.10 Å². The molecule has 1 heterocycles. The van der Waals surface area contributed by atoms with Gasteiger partial charge < -0.3 is 0 Å². The number of aryl methyl sites for hydroxylation is 3. The topological polar surface area (TPSA) is 50.2 Å². The molecule has 0 aliphatic heterocycles. The number of benzene rings is 1. The van der Waals surface area contributed by atoms with Crippen molar-refractivity contribution in [1.82, 2.24) is 9.97 Å². The highest BCUT2D eigenvalue weighted by atomic mass is 15.4. The molecule has 0 amide bonds. The van der Waals surface area contributed by atoms with E-state index in [0.717, 1.165) is 54.8 Å². The lowest BCUT2D eigenvalue weighted by atomic mass is 10.1. The average Bonchev–Trinajstić information content (AvgIpc) is 2.61. The van der Waals surface area contributed by atoms with Gasteiger partial charge in [-0.3, -0.25) is 0 Å². The van der Waals surface area contributed by atoms with Crippen LogP contribution in [-0.2, 0) is 19.3 Å². The highest BCUT2D eigenvalue weighted by Crippen LogP contribution is 2.11. The molecule has 0 spiro atoms. The summed E-state index contributed by atoms with van der Waals surface area (Å²) >= 11 is 0. The summed E-state index contributed by atoms with van der Waals surface area (Å²) < 4.78 is 0. The number of aromatic nitrogens is 2. The van der Waals surface area contributed by atoms with E-state index in [2.05, 4.69) is 71.6 Å². The van der Waals surface area contributed by atoms with Crippen molar-refractivity contribution < 1.29 is 0 Å². The molecule has 0 aliphatic carbocycles. The quantitative estimate of drug-likeness (QED) is 0.507. The number of hydrogen-bond donors (Lipinski definition) is 1. The maximum atomic E-state index is 4.58. The average molecular weight is 338 g/mol. The number of anilines is 1. The van der Waals surface area contributed by atoms with Crippen LogP contribution in [0.15, 0.2) is 35.4 Å². The molecule has 0 unspecified atom stereocenters. The molecule has 2 aromatic rings. The molecular formula is C21H30N4. The zero-order valence-electron chi connectivity index (χ0n) is 16.0. The predicted octanol–water partition coefficient (Wildman–Crippen LogP) is 5.17. The molecule has 0 radical (unpaired) electrons. The highest BCUT2D eigenvalue weighted by molar-refractivity contribution is 5.99. The fraction of sp³-hybridized carbons (Fsp3) is 0.476. The summed E-state index contributed by atoms with van der Waals surface area (Å²) in [6.07, 6.45) is 6.38. The van der Waals surface area contributed by atoms with Gasteiger partial charge in [-0.05, 0) is 43.4 Å². The first-order valence-electron chi connectivity index (χ1n) is 9.42. The second-order valence-electron chi connectivity index (χ2n) is 6.43. The smallest absolute Gasteiger partial charge is 0.243 e. The molecule has 1 aromatic carbocycles. The van der Waals surface area contributed by atoms with Crippen LogP contribution in [-0.4, -0.2) is 15.7 Å². The van der Waals surface area contributed by atoms with Crippen LogP contribution in [0.3, 0.4) is 0 Å². The SMILES string of the molecule is CCCc1ccc(C(C)=NNc2nc(CCC)cc(CCC)n2)cc1. The Hall–Kier alpha value is -2.23. The van der Waals surface area contributed by atoms with Crippen LogP contribution in [0, 0.1) is 0 Å². The van der Waals surface area contributed by atoms with Crippen molar-refractivity contribution in [3.8, 4) is 0 Å². The van der Waals surface area contributed by atoms with E-state index < -0.39 is 0 Å². The van der Waals surface area contributed by atoms with Crippen LogP contribution in [0.5, 0.6) is 0 Å². The first kappa shape index (κ1) is 19.1. The van der Waals surface area contributed by atoms with Gasteiger partial charge in [0.15, 0.2) is 0 Å². The molecule has 25 heavy (non-hydrogen) atoms. The Morgan fingerprint density at radius 3 is 1.96 bits per heavy atom. The Kier molecular flexibility index (Phi) is 7.58. The van der Waals surface area contributed by atoms with Gasteiger partial charge in [0.25, 0.3) is 0 Å². The second kappa shape index (κ2) is 9.92. The lowest BCUT2D eigenvalue weighted by Gasteiger charge is -2.08. The third kappa shape index (κ3) is 5.96. The van der Waals surface area contributed by atoms with Crippen molar-refractivity contribution >= 4 is 11.7 Å². The summed E-state index contributed by atoms with van der Waals surface area (Å²) in [5.41, 5.74) is 8.63. The van der Waals surface area contributed by atoms with Gasteiger partial charge in [0.1, 0.15) is 0 Å². The molecule has 4 heteroatoms. The number of nitrogens with zero attached hydrogens (tertiary/aromatic N) is 3. The van der Waals surface area contributed by atoms with E-state index in [-0.39, 0.29) is 0 Å². The first-order valence-corrected chi connectivity index (χ1v) is 9.42. The number of hydrazone groups is 1. The van der Waals surface area contributed by atoms with Crippen molar-refractivity contribution in [3.63, 3.8) is 0 Å². The van der Waals surface area contributed by atoms with Gasteiger partial charge in [0.05, 0.1) is 5.71 Å². The molecule has 1 N–H and O–H groups in total. The van der Waals surface area contributed by atoms with Gasteiger partial charge >= 0.3 is 0 Å². The van der Waals surface area contributed by atoms with Gasteiger partial charge in [0, 0.05) is 11.4 Å². The molecule has 2 rings (SSSR count). The first-order chi connectivity index (χ1) is 12.2. The third-order valence-corrected chi connectivity index (χ3v) is 4.08. The molecule has 0 bridgehead atoms. The number of nitrogens with one attached hydrogen (secondary N) is 1. The number of rotatable bonds is 9. The van der Waals surface area contributed by atoms with E-state index >= 15 is 0 Å². The molecule has 0 fully saturated rings. The van der Waals surface area contributed by atoms with Gasteiger partial charge in [-0.15, -0.1) is 0 Å². The van der Waals surface area contributed by atoms with Crippen LogP contribution in [0.2, 0.25) is 0 Å². The molecule has 0 saturated carbocycles. The van der Waals surface area contributed by atoms with Gasteiger partial charge in [-0.25, -0.2) is 15.4 Å². The minimum absolute atomic E-state index is 0.594. The lowest BCUT2D eigenvalue weighted by molar-refractivity contribution is 0.830. The molecule has 0 atom stereocenters.